The van der Waals surface area contributed by atoms with Crippen LogP contribution in [0.4, 0.5) is 0 Å². The van der Waals surface area contributed by atoms with Crippen molar-refractivity contribution in [3.63, 3.8) is 0 Å². The molecule has 0 saturated carbocycles. The predicted molar refractivity (Wildman–Crippen MR) is 168 cm³/mol. The number of carbonyl (C=O) groups excluding carboxylic acids is 1. The number of aliphatic hydroxyl groups is 1. The Morgan fingerprint density at radius 1 is 0.929 bits per heavy atom. The molecule has 216 valence electrons. The molecule has 1 atom stereocenters. The summed E-state index contributed by atoms with van der Waals surface area (Å²) in [6, 6.07) is 35.8. The van der Waals surface area contributed by atoms with E-state index < -0.39 is 5.54 Å². The van der Waals surface area contributed by atoms with Crippen molar-refractivity contribution in [2.24, 2.45) is 4.99 Å². The summed E-state index contributed by atoms with van der Waals surface area (Å²) in [5.41, 5.74) is 9.04. The monoisotopic (exact) mass is 627 g/mol. The Bertz CT molecular complexity index is 1430. The number of hydrogen-bond acceptors (Lipinski definition) is 6. The van der Waals surface area contributed by atoms with Gasteiger partial charge in [0.15, 0.2) is 5.54 Å². The zero-order chi connectivity index (χ0) is 29.2. The first kappa shape index (κ1) is 29.5. The molecule has 7 nitrogen and oxygen atoms in total. The molecular formula is C34H34BrN3O4. The van der Waals surface area contributed by atoms with Gasteiger partial charge in [-0.05, 0) is 53.1 Å². The number of carbonyl (C=O) groups is 1. The van der Waals surface area contributed by atoms with Crippen molar-refractivity contribution in [3.05, 3.63) is 136 Å². The first-order valence-corrected chi connectivity index (χ1v) is 14.8. The van der Waals surface area contributed by atoms with Crippen LogP contribution in [0.2, 0.25) is 0 Å². The van der Waals surface area contributed by atoms with Crippen molar-refractivity contribution in [3.8, 4) is 5.75 Å². The largest absolute Gasteiger partial charge is 0.494 e. The summed E-state index contributed by atoms with van der Waals surface area (Å²) in [4.78, 5) is 18.7. The lowest BCUT2D eigenvalue weighted by Crippen LogP contribution is -2.53. The van der Waals surface area contributed by atoms with E-state index >= 15 is 0 Å². The fraction of sp³-hybridized carbons (Fsp3) is 0.235. The zero-order valence-electron chi connectivity index (χ0n) is 23.2. The molecule has 0 bridgehead atoms. The molecule has 0 aliphatic carbocycles. The van der Waals surface area contributed by atoms with Crippen LogP contribution < -0.4 is 15.6 Å². The van der Waals surface area contributed by atoms with Gasteiger partial charge < -0.3 is 14.6 Å². The number of aliphatic hydroxyl groups excluding tert-OH is 1. The minimum atomic E-state index is -1.15. The molecule has 1 heterocycles. The molecule has 4 aromatic carbocycles. The SMILES string of the molecule is O=C(NNCC(c1ccccc1)c1ccccc1)[C@]1(Cc2ccc(Br)cc2)COC(c2ccc(OCCCO)cc2)=N1. The number of aliphatic imine (C=N–C) groups is 1. The maximum Gasteiger partial charge on any atom is 0.266 e. The maximum absolute atomic E-state index is 13.9. The van der Waals surface area contributed by atoms with Crippen LogP contribution in [0.25, 0.3) is 0 Å². The van der Waals surface area contributed by atoms with Crippen LogP contribution in [0.5, 0.6) is 5.75 Å². The third-order valence-electron chi connectivity index (χ3n) is 7.18. The average Bonchev–Trinajstić information content (AvgIpc) is 3.47. The summed E-state index contributed by atoms with van der Waals surface area (Å²) >= 11 is 3.49. The average molecular weight is 629 g/mol. The minimum absolute atomic E-state index is 0.0483. The normalized spacial score (nSPS) is 16.1. The van der Waals surface area contributed by atoms with E-state index in [0.29, 0.717) is 37.6 Å². The van der Waals surface area contributed by atoms with E-state index in [1.54, 1.807) is 0 Å². The summed E-state index contributed by atoms with van der Waals surface area (Å²) in [5, 5.41) is 8.98. The zero-order valence-corrected chi connectivity index (χ0v) is 24.8. The number of hydrogen-bond donors (Lipinski definition) is 3. The first-order valence-electron chi connectivity index (χ1n) is 14.0. The lowest BCUT2D eigenvalue weighted by Gasteiger charge is -2.25. The molecule has 1 aliphatic rings. The smallest absolute Gasteiger partial charge is 0.266 e. The fourth-order valence-electron chi connectivity index (χ4n) is 4.92. The van der Waals surface area contributed by atoms with E-state index in [9.17, 15) is 4.79 Å². The summed E-state index contributed by atoms with van der Waals surface area (Å²) in [6.45, 7) is 1.14. The van der Waals surface area contributed by atoms with Crippen LogP contribution in [0.15, 0.2) is 119 Å². The Balaban J connectivity index is 1.34. The molecule has 4 aromatic rings. The molecule has 0 spiro atoms. The first-order chi connectivity index (χ1) is 20.6. The molecule has 1 aliphatic heterocycles. The molecule has 0 saturated heterocycles. The van der Waals surface area contributed by atoms with E-state index in [4.69, 9.17) is 19.6 Å². The number of nitrogens with one attached hydrogen (secondary N) is 2. The molecule has 0 radical (unpaired) electrons. The van der Waals surface area contributed by atoms with Gasteiger partial charge in [-0.15, -0.1) is 0 Å². The molecule has 1 amide bonds. The quantitative estimate of drug-likeness (QED) is 0.136. The minimum Gasteiger partial charge on any atom is -0.494 e. The number of rotatable bonds is 13. The number of amides is 1. The van der Waals surface area contributed by atoms with E-state index in [1.165, 1.54) is 0 Å². The van der Waals surface area contributed by atoms with Crippen molar-refractivity contribution >= 4 is 27.7 Å². The molecule has 0 aromatic heterocycles. The second kappa shape index (κ2) is 14.3. The van der Waals surface area contributed by atoms with Gasteiger partial charge in [-0.3, -0.25) is 10.2 Å². The summed E-state index contributed by atoms with van der Waals surface area (Å²) in [5.74, 6) is 0.896. The second-order valence-electron chi connectivity index (χ2n) is 10.2. The van der Waals surface area contributed by atoms with Crippen LogP contribution in [0, 0.1) is 0 Å². The van der Waals surface area contributed by atoms with Crippen molar-refractivity contribution in [1.82, 2.24) is 10.9 Å². The predicted octanol–water partition coefficient (Wildman–Crippen LogP) is 5.42. The number of benzene rings is 4. The topological polar surface area (TPSA) is 92.2 Å². The maximum atomic E-state index is 13.9. The van der Waals surface area contributed by atoms with Crippen LogP contribution in [-0.4, -0.2) is 48.8 Å². The highest BCUT2D eigenvalue weighted by Gasteiger charge is 2.44. The Labute approximate surface area is 254 Å². The third-order valence-corrected chi connectivity index (χ3v) is 7.71. The van der Waals surface area contributed by atoms with Crippen molar-refractivity contribution < 1.29 is 19.4 Å². The van der Waals surface area contributed by atoms with Crippen LogP contribution in [0.3, 0.4) is 0 Å². The number of ether oxygens (including phenoxy) is 2. The van der Waals surface area contributed by atoms with Gasteiger partial charge >= 0.3 is 0 Å². The van der Waals surface area contributed by atoms with E-state index in [0.717, 1.165) is 26.7 Å². The van der Waals surface area contributed by atoms with Crippen molar-refractivity contribution in [2.75, 3.05) is 26.4 Å². The van der Waals surface area contributed by atoms with Gasteiger partial charge in [0.25, 0.3) is 5.91 Å². The van der Waals surface area contributed by atoms with Gasteiger partial charge in [-0.1, -0.05) is 88.7 Å². The summed E-state index contributed by atoms with van der Waals surface area (Å²) in [6.07, 6.45) is 0.942. The van der Waals surface area contributed by atoms with E-state index in [1.807, 2.05) is 84.9 Å². The number of hydrazine groups is 1. The second-order valence-corrected chi connectivity index (χ2v) is 11.1. The molecule has 8 heteroatoms. The molecular weight excluding hydrogens is 594 g/mol. The van der Waals surface area contributed by atoms with E-state index in [2.05, 4.69) is 51.0 Å². The van der Waals surface area contributed by atoms with Gasteiger partial charge in [0.1, 0.15) is 12.4 Å². The third kappa shape index (κ3) is 7.45. The van der Waals surface area contributed by atoms with Gasteiger partial charge in [-0.2, -0.15) is 0 Å². The Morgan fingerprint density at radius 2 is 1.57 bits per heavy atom. The van der Waals surface area contributed by atoms with Crippen LogP contribution in [-0.2, 0) is 16.0 Å². The van der Waals surface area contributed by atoms with Gasteiger partial charge in [0.2, 0.25) is 5.90 Å². The van der Waals surface area contributed by atoms with Crippen molar-refractivity contribution in [2.45, 2.75) is 24.3 Å². The highest BCUT2D eigenvalue weighted by Crippen LogP contribution is 2.29. The van der Waals surface area contributed by atoms with E-state index in [-0.39, 0.29) is 25.0 Å². The van der Waals surface area contributed by atoms with Crippen molar-refractivity contribution in [1.29, 1.82) is 0 Å². The Morgan fingerprint density at radius 3 is 2.19 bits per heavy atom. The highest BCUT2D eigenvalue weighted by molar-refractivity contribution is 9.10. The summed E-state index contributed by atoms with van der Waals surface area (Å²) in [7, 11) is 0. The molecule has 3 N–H and O–H groups in total. The molecule has 5 rings (SSSR count). The van der Waals surface area contributed by atoms with Gasteiger partial charge in [0.05, 0.1) is 6.61 Å². The lowest BCUT2D eigenvalue weighted by molar-refractivity contribution is -0.127. The molecule has 0 unspecified atom stereocenters. The van der Waals surface area contributed by atoms with Crippen LogP contribution >= 0.6 is 15.9 Å². The standard InChI is InChI=1S/C34H34BrN3O4/c35-29-16-12-25(13-17-29)22-34(24-42-32(37-34)28-14-18-30(19-15-28)41-21-7-20-39)33(40)38-36-23-31(26-8-3-1-4-9-26)27-10-5-2-6-11-27/h1-6,8-19,31,36,39H,7,20-24H2,(H,38,40)/t34-/m0/s1. The van der Waals surface area contributed by atoms with Gasteiger partial charge in [-0.25, -0.2) is 10.4 Å². The number of nitrogens with zero attached hydrogens (tertiary/aromatic N) is 1. The molecule has 0 fully saturated rings. The summed E-state index contributed by atoms with van der Waals surface area (Å²) < 4.78 is 12.7. The van der Waals surface area contributed by atoms with Gasteiger partial charge in [0, 0.05) is 41.9 Å². The highest BCUT2D eigenvalue weighted by atomic mass is 79.9. The lowest BCUT2D eigenvalue weighted by atomic mass is 9.91. The Hall–Kier alpha value is -3.98. The Kier molecular flexibility index (Phi) is 10.0. The number of halogens is 1. The fourth-order valence-corrected chi connectivity index (χ4v) is 5.18. The molecule has 42 heavy (non-hydrogen) atoms. The van der Waals surface area contributed by atoms with Crippen LogP contribution in [0.1, 0.15) is 34.6 Å².